The molecule has 9 heteroatoms. The van der Waals surface area contributed by atoms with Crippen molar-refractivity contribution >= 4 is 10.0 Å². The number of rotatable bonds is 6. The highest BCUT2D eigenvalue weighted by molar-refractivity contribution is 7.89. The molecule has 1 rings (SSSR count). The number of sulfonamides is 1. The monoisotopic (exact) mass is 268 g/mol. The van der Waals surface area contributed by atoms with E-state index >= 15 is 0 Å². The number of nitrogens with zero attached hydrogens (tertiary/aromatic N) is 3. The first kappa shape index (κ1) is 14.0. The van der Waals surface area contributed by atoms with Gasteiger partial charge in [-0.25, -0.2) is 22.2 Å². The van der Waals surface area contributed by atoms with Crippen LogP contribution in [0.3, 0.4) is 0 Å². The number of imidazole rings is 1. The number of hydrogen-bond acceptors (Lipinski definition) is 4. The second-order valence-corrected chi connectivity index (χ2v) is 5.30. The molecule has 0 unspecified atom stereocenters. The maximum absolute atomic E-state index is 12.3. The Kier molecular flexibility index (Phi) is 4.54. The minimum atomic E-state index is -4.00. The molecule has 1 heterocycles. The zero-order chi connectivity index (χ0) is 13.1. The summed E-state index contributed by atoms with van der Waals surface area (Å²) in [6, 6.07) is 0. The second kappa shape index (κ2) is 5.52. The number of hydrogen-bond donors (Lipinski definition) is 1. The van der Waals surface area contributed by atoms with Gasteiger partial charge in [0.25, 0.3) is 16.4 Å². The molecule has 0 spiro atoms. The van der Waals surface area contributed by atoms with Crippen molar-refractivity contribution in [3.8, 4) is 0 Å². The van der Waals surface area contributed by atoms with Gasteiger partial charge in [-0.05, 0) is 0 Å². The quantitative estimate of drug-likeness (QED) is 0.763. The van der Waals surface area contributed by atoms with Gasteiger partial charge in [0.1, 0.15) is 0 Å². The van der Waals surface area contributed by atoms with Gasteiger partial charge in [0.15, 0.2) is 5.03 Å². The highest BCUT2D eigenvalue weighted by Gasteiger charge is 2.28. The first-order chi connectivity index (χ1) is 7.87. The summed E-state index contributed by atoms with van der Waals surface area (Å²) in [4.78, 5) is 3.65. The average Bonchev–Trinajstić information content (AvgIpc) is 2.64. The molecule has 0 aromatic carbocycles. The Labute approximate surface area is 98.1 Å². The first-order valence-corrected chi connectivity index (χ1v) is 6.28. The van der Waals surface area contributed by atoms with E-state index in [1.165, 1.54) is 17.1 Å². The Morgan fingerprint density at radius 3 is 2.65 bits per heavy atom. The van der Waals surface area contributed by atoms with Gasteiger partial charge < -0.3 is 10.3 Å². The van der Waals surface area contributed by atoms with Gasteiger partial charge in [-0.1, -0.05) is 0 Å². The topological polar surface area (TPSA) is 81.2 Å². The summed E-state index contributed by atoms with van der Waals surface area (Å²) < 4.78 is 50.5. The van der Waals surface area contributed by atoms with Gasteiger partial charge in [-0.2, -0.15) is 4.31 Å². The third-order valence-electron chi connectivity index (χ3n) is 2.01. The van der Waals surface area contributed by atoms with Gasteiger partial charge in [0.2, 0.25) is 0 Å². The Morgan fingerprint density at radius 1 is 1.59 bits per heavy atom. The number of aromatic nitrogens is 2. The van der Waals surface area contributed by atoms with Crippen molar-refractivity contribution in [1.82, 2.24) is 13.9 Å². The van der Waals surface area contributed by atoms with Crippen LogP contribution in [0.15, 0.2) is 17.6 Å². The number of alkyl halides is 2. The van der Waals surface area contributed by atoms with Crippen LogP contribution in [0, 0.1) is 0 Å². The Bertz CT molecular complexity index is 460. The van der Waals surface area contributed by atoms with Crippen molar-refractivity contribution in [2.75, 3.05) is 19.6 Å². The van der Waals surface area contributed by atoms with Gasteiger partial charge in [-0.3, -0.25) is 0 Å². The standard InChI is InChI=1S/C8H14F2N4O2S/c1-13-5-8(12-6-13)17(15,16)14(3-2-11)4-7(9)10/h5-7H,2-4,11H2,1H3. The van der Waals surface area contributed by atoms with Crippen LogP contribution < -0.4 is 5.73 Å². The largest absolute Gasteiger partial charge is 0.339 e. The molecule has 2 N–H and O–H groups in total. The van der Waals surface area contributed by atoms with E-state index < -0.39 is 23.0 Å². The van der Waals surface area contributed by atoms with E-state index in [0.29, 0.717) is 4.31 Å². The van der Waals surface area contributed by atoms with Crippen molar-refractivity contribution in [3.63, 3.8) is 0 Å². The zero-order valence-corrected chi connectivity index (χ0v) is 10.1. The van der Waals surface area contributed by atoms with E-state index in [4.69, 9.17) is 5.73 Å². The van der Waals surface area contributed by atoms with Crippen molar-refractivity contribution in [2.24, 2.45) is 12.8 Å². The van der Waals surface area contributed by atoms with Gasteiger partial charge in [0.05, 0.1) is 12.9 Å². The predicted octanol–water partition coefficient (Wildman–Crippen LogP) is -0.365. The van der Waals surface area contributed by atoms with Crippen molar-refractivity contribution in [3.05, 3.63) is 12.5 Å². The summed E-state index contributed by atoms with van der Waals surface area (Å²) in [5, 5.41) is -0.255. The molecule has 6 nitrogen and oxygen atoms in total. The molecule has 17 heavy (non-hydrogen) atoms. The van der Waals surface area contributed by atoms with Crippen LogP contribution in [0.25, 0.3) is 0 Å². The first-order valence-electron chi connectivity index (χ1n) is 4.84. The Morgan fingerprint density at radius 2 is 2.24 bits per heavy atom. The summed E-state index contributed by atoms with van der Waals surface area (Å²) in [6.07, 6.45) is -0.208. The molecule has 1 aromatic rings. The normalized spacial score (nSPS) is 12.6. The van der Waals surface area contributed by atoms with E-state index in [2.05, 4.69) is 4.98 Å². The SMILES string of the molecule is Cn1cnc(S(=O)(=O)N(CCN)CC(F)F)c1. The molecule has 0 saturated carbocycles. The molecule has 0 fully saturated rings. The van der Waals surface area contributed by atoms with E-state index in [9.17, 15) is 17.2 Å². The second-order valence-electron chi connectivity index (χ2n) is 3.42. The summed E-state index contributed by atoms with van der Waals surface area (Å²) in [5.41, 5.74) is 5.21. The van der Waals surface area contributed by atoms with Crippen LogP contribution in [0.4, 0.5) is 8.78 Å². The van der Waals surface area contributed by atoms with E-state index in [-0.39, 0.29) is 18.1 Å². The maximum Gasteiger partial charge on any atom is 0.262 e. The Hall–Kier alpha value is -1.06. The summed E-state index contributed by atoms with van der Waals surface area (Å²) in [6.45, 7) is -1.07. The fourth-order valence-corrected chi connectivity index (χ4v) is 2.66. The van der Waals surface area contributed by atoms with Crippen LogP contribution in [-0.4, -0.2) is 48.3 Å². The predicted molar refractivity (Wildman–Crippen MR) is 57.0 cm³/mol. The molecule has 0 aliphatic heterocycles. The molecule has 98 valence electrons. The molecule has 0 aliphatic rings. The summed E-state index contributed by atoms with van der Waals surface area (Å²) >= 11 is 0. The molecular weight excluding hydrogens is 254 g/mol. The lowest BCUT2D eigenvalue weighted by atomic mass is 10.6. The molecule has 1 aromatic heterocycles. The highest BCUT2D eigenvalue weighted by Crippen LogP contribution is 2.14. The van der Waals surface area contributed by atoms with Crippen molar-refractivity contribution in [2.45, 2.75) is 11.5 Å². The van der Waals surface area contributed by atoms with Crippen molar-refractivity contribution < 1.29 is 17.2 Å². The third-order valence-corrected chi connectivity index (χ3v) is 3.76. The van der Waals surface area contributed by atoms with E-state index in [1.54, 1.807) is 7.05 Å². The Balaban J connectivity index is 2.99. The van der Waals surface area contributed by atoms with Crippen LogP contribution in [-0.2, 0) is 17.1 Å². The molecule has 0 saturated heterocycles. The van der Waals surface area contributed by atoms with Gasteiger partial charge in [-0.15, -0.1) is 0 Å². The molecule has 0 aliphatic carbocycles. The number of halogens is 2. The average molecular weight is 268 g/mol. The molecular formula is C8H14F2N4O2S. The number of aryl methyl sites for hydroxylation is 1. The van der Waals surface area contributed by atoms with Crippen LogP contribution in [0.2, 0.25) is 0 Å². The van der Waals surface area contributed by atoms with E-state index in [0.717, 1.165) is 0 Å². The summed E-state index contributed by atoms with van der Waals surface area (Å²) in [5.74, 6) is 0. The minimum Gasteiger partial charge on any atom is -0.339 e. The third kappa shape index (κ3) is 3.45. The zero-order valence-electron chi connectivity index (χ0n) is 9.25. The van der Waals surface area contributed by atoms with Crippen molar-refractivity contribution in [1.29, 1.82) is 0 Å². The fourth-order valence-electron chi connectivity index (χ4n) is 1.26. The molecule has 0 bridgehead atoms. The van der Waals surface area contributed by atoms with E-state index in [1.807, 2.05) is 0 Å². The molecule has 0 atom stereocenters. The number of nitrogens with two attached hydrogens (primary N) is 1. The van der Waals surface area contributed by atoms with Crippen LogP contribution in [0.5, 0.6) is 0 Å². The lowest BCUT2D eigenvalue weighted by Gasteiger charge is -2.19. The minimum absolute atomic E-state index is 0.0290. The lowest BCUT2D eigenvalue weighted by Crippen LogP contribution is -2.38. The molecule has 0 amide bonds. The van der Waals surface area contributed by atoms with Gasteiger partial charge in [0, 0.05) is 26.3 Å². The van der Waals surface area contributed by atoms with Gasteiger partial charge >= 0.3 is 0 Å². The smallest absolute Gasteiger partial charge is 0.262 e. The molecule has 0 radical (unpaired) electrons. The van der Waals surface area contributed by atoms with Crippen LogP contribution in [0.1, 0.15) is 0 Å². The fraction of sp³-hybridized carbons (Fsp3) is 0.625. The highest BCUT2D eigenvalue weighted by atomic mass is 32.2. The maximum atomic E-state index is 12.3. The van der Waals surface area contributed by atoms with Crippen LogP contribution >= 0.6 is 0 Å². The lowest BCUT2D eigenvalue weighted by molar-refractivity contribution is 0.120. The summed E-state index contributed by atoms with van der Waals surface area (Å²) in [7, 11) is -2.41.